The summed E-state index contributed by atoms with van der Waals surface area (Å²) in [4.78, 5) is 4.32. The molecule has 0 aliphatic carbocycles. The third-order valence-corrected chi connectivity index (χ3v) is 4.75. The maximum atomic E-state index is 5.98. The smallest absolute Gasteiger partial charge is 0.191 e. The van der Waals surface area contributed by atoms with Crippen LogP contribution >= 0.6 is 24.0 Å². The number of halogens is 1. The number of fused-ring (bicyclic) bond motifs is 1. The minimum atomic E-state index is -0.0609. The van der Waals surface area contributed by atoms with Crippen LogP contribution < -0.4 is 20.1 Å². The SMILES string of the molecule is CCc1nn(C)c(CC)c1CNC(=NC)NCC1COc2ccccc2O1.I. The van der Waals surface area contributed by atoms with E-state index >= 15 is 0 Å². The highest BCUT2D eigenvalue weighted by molar-refractivity contribution is 14.0. The van der Waals surface area contributed by atoms with Gasteiger partial charge in [-0.1, -0.05) is 26.0 Å². The van der Waals surface area contributed by atoms with Crippen molar-refractivity contribution in [2.75, 3.05) is 20.2 Å². The van der Waals surface area contributed by atoms with Crippen molar-refractivity contribution in [3.63, 3.8) is 0 Å². The van der Waals surface area contributed by atoms with Gasteiger partial charge in [-0.2, -0.15) is 5.10 Å². The summed E-state index contributed by atoms with van der Waals surface area (Å²) in [7, 11) is 3.78. The highest BCUT2D eigenvalue weighted by atomic mass is 127. The van der Waals surface area contributed by atoms with Crippen LogP contribution in [-0.4, -0.2) is 42.0 Å². The Bertz CT molecular complexity index is 806. The van der Waals surface area contributed by atoms with Crippen LogP contribution in [0, 0.1) is 0 Å². The zero-order valence-corrected chi connectivity index (χ0v) is 19.3. The molecule has 0 saturated heterocycles. The van der Waals surface area contributed by atoms with Gasteiger partial charge in [0.1, 0.15) is 12.7 Å². The van der Waals surface area contributed by atoms with Gasteiger partial charge in [0, 0.05) is 31.9 Å². The van der Waals surface area contributed by atoms with E-state index < -0.39 is 0 Å². The number of nitrogens with one attached hydrogen (secondary N) is 2. The monoisotopic (exact) mass is 499 g/mol. The topological polar surface area (TPSA) is 72.7 Å². The summed E-state index contributed by atoms with van der Waals surface area (Å²) in [6, 6.07) is 7.74. The average molecular weight is 499 g/mol. The molecular weight excluding hydrogens is 469 g/mol. The Morgan fingerprint density at radius 3 is 2.64 bits per heavy atom. The van der Waals surface area contributed by atoms with Crippen molar-refractivity contribution in [2.45, 2.75) is 39.3 Å². The van der Waals surface area contributed by atoms with Gasteiger partial charge in [0.05, 0.1) is 12.2 Å². The van der Waals surface area contributed by atoms with Gasteiger partial charge < -0.3 is 20.1 Å². The Hall–Kier alpha value is -1.97. The lowest BCUT2D eigenvalue weighted by molar-refractivity contribution is 0.0936. The maximum absolute atomic E-state index is 5.98. The van der Waals surface area contributed by atoms with E-state index in [2.05, 4.69) is 34.6 Å². The van der Waals surface area contributed by atoms with E-state index in [1.165, 1.54) is 11.3 Å². The first kappa shape index (κ1) is 22.3. The van der Waals surface area contributed by atoms with Gasteiger partial charge in [-0.15, -0.1) is 24.0 Å². The fourth-order valence-corrected chi connectivity index (χ4v) is 3.36. The quantitative estimate of drug-likeness (QED) is 0.364. The Morgan fingerprint density at radius 2 is 1.96 bits per heavy atom. The van der Waals surface area contributed by atoms with Crippen LogP contribution in [0.25, 0.3) is 0 Å². The van der Waals surface area contributed by atoms with Gasteiger partial charge in [-0.3, -0.25) is 9.67 Å². The molecular formula is C20H30IN5O2. The van der Waals surface area contributed by atoms with E-state index in [1.807, 2.05) is 36.0 Å². The summed E-state index contributed by atoms with van der Waals surface area (Å²) in [6.45, 7) is 6.12. The Kier molecular flexibility index (Phi) is 8.40. The molecule has 28 heavy (non-hydrogen) atoms. The second kappa shape index (κ2) is 10.5. The van der Waals surface area contributed by atoms with E-state index in [9.17, 15) is 0 Å². The van der Waals surface area contributed by atoms with Crippen molar-refractivity contribution in [1.29, 1.82) is 0 Å². The normalized spacial score (nSPS) is 15.7. The molecule has 1 unspecified atom stereocenters. The van der Waals surface area contributed by atoms with Crippen molar-refractivity contribution in [1.82, 2.24) is 20.4 Å². The molecule has 2 N–H and O–H groups in total. The number of aliphatic imine (C=N–C) groups is 1. The lowest BCUT2D eigenvalue weighted by Gasteiger charge is -2.27. The maximum Gasteiger partial charge on any atom is 0.191 e. The standard InChI is InChI=1S/C20H29N5O2.HI/c1-5-16-15(17(6-2)25(4)24-16)12-23-20(21-3)22-11-14-13-26-18-9-7-8-10-19(18)27-14;/h7-10,14H,5-6,11-13H2,1-4H3,(H2,21,22,23);1H. The molecule has 8 heteroatoms. The lowest BCUT2D eigenvalue weighted by atomic mass is 10.1. The van der Waals surface area contributed by atoms with E-state index in [4.69, 9.17) is 9.47 Å². The molecule has 2 heterocycles. The lowest BCUT2D eigenvalue weighted by Crippen LogP contribution is -2.45. The van der Waals surface area contributed by atoms with Crippen LogP contribution in [0.1, 0.15) is 30.8 Å². The van der Waals surface area contributed by atoms with Crippen molar-refractivity contribution in [3.05, 3.63) is 41.2 Å². The predicted octanol–water partition coefficient (Wildman–Crippen LogP) is 2.67. The summed E-state index contributed by atoms with van der Waals surface area (Å²) in [5.74, 6) is 2.33. The predicted molar refractivity (Wildman–Crippen MR) is 122 cm³/mol. The van der Waals surface area contributed by atoms with Crippen LogP contribution in [0.3, 0.4) is 0 Å². The average Bonchev–Trinajstić information content (AvgIpc) is 3.02. The molecule has 154 valence electrons. The molecule has 7 nitrogen and oxygen atoms in total. The van der Waals surface area contributed by atoms with Crippen molar-refractivity contribution in [3.8, 4) is 11.5 Å². The van der Waals surface area contributed by atoms with E-state index in [1.54, 1.807) is 7.05 Å². The van der Waals surface area contributed by atoms with Gasteiger partial charge in [-0.05, 0) is 25.0 Å². The summed E-state index contributed by atoms with van der Waals surface area (Å²) in [5, 5.41) is 11.3. The molecule has 3 rings (SSSR count). The summed E-state index contributed by atoms with van der Waals surface area (Å²) in [5.41, 5.74) is 3.66. The molecule has 1 atom stereocenters. The van der Waals surface area contributed by atoms with Crippen molar-refractivity contribution < 1.29 is 9.47 Å². The molecule has 1 aromatic carbocycles. The van der Waals surface area contributed by atoms with E-state index in [0.29, 0.717) is 19.7 Å². The van der Waals surface area contributed by atoms with Crippen LogP contribution in [0.15, 0.2) is 29.3 Å². The number of hydrogen-bond acceptors (Lipinski definition) is 4. The van der Waals surface area contributed by atoms with Gasteiger partial charge in [-0.25, -0.2) is 0 Å². The number of rotatable bonds is 6. The fraction of sp³-hybridized carbons (Fsp3) is 0.500. The van der Waals surface area contributed by atoms with Crippen molar-refractivity contribution >= 4 is 29.9 Å². The molecule has 0 amide bonds. The van der Waals surface area contributed by atoms with Crippen LogP contribution in [0.2, 0.25) is 0 Å². The van der Waals surface area contributed by atoms with Crippen LogP contribution in [0.5, 0.6) is 11.5 Å². The van der Waals surface area contributed by atoms with Crippen LogP contribution in [-0.2, 0) is 26.4 Å². The summed E-state index contributed by atoms with van der Waals surface area (Å²) < 4.78 is 13.7. The molecule has 0 saturated carbocycles. The van der Waals surface area contributed by atoms with Gasteiger partial charge in [0.2, 0.25) is 0 Å². The first-order valence-electron chi connectivity index (χ1n) is 9.52. The van der Waals surface area contributed by atoms with Crippen LogP contribution in [0.4, 0.5) is 0 Å². The zero-order valence-electron chi connectivity index (χ0n) is 17.0. The number of ether oxygens (including phenoxy) is 2. The van der Waals surface area contributed by atoms with Crippen molar-refractivity contribution in [2.24, 2.45) is 12.0 Å². The molecule has 1 aromatic heterocycles. The van der Waals surface area contributed by atoms with E-state index in [-0.39, 0.29) is 30.1 Å². The van der Waals surface area contributed by atoms with Gasteiger partial charge in [0.25, 0.3) is 0 Å². The Balaban J connectivity index is 0.00000280. The minimum Gasteiger partial charge on any atom is -0.486 e. The van der Waals surface area contributed by atoms with E-state index in [0.717, 1.165) is 36.0 Å². The van der Waals surface area contributed by atoms with Gasteiger partial charge in [0.15, 0.2) is 17.5 Å². The Labute approximate surface area is 183 Å². The first-order valence-corrected chi connectivity index (χ1v) is 9.52. The summed E-state index contributed by atoms with van der Waals surface area (Å²) in [6.07, 6.45) is 1.82. The molecule has 0 spiro atoms. The number of benzene rings is 1. The number of aryl methyl sites for hydroxylation is 2. The second-order valence-electron chi connectivity index (χ2n) is 6.51. The molecule has 1 aliphatic heterocycles. The zero-order chi connectivity index (χ0) is 19.2. The second-order valence-corrected chi connectivity index (χ2v) is 6.51. The highest BCUT2D eigenvalue weighted by Gasteiger charge is 2.21. The molecule has 0 radical (unpaired) electrons. The summed E-state index contributed by atoms with van der Waals surface area (Å²) >= 11 is 0. The number of para-hydroxylation sites is 2. The number of hydrogen-bond donors (Lipinski definition) is 2. The fourth-order valence-electron chi connectivity index (χ4n) is 3.36. The minimum absolute atomic E-state index is 0. The third-order valence-electron chi connectivity index (χ3n) is 4.75. The third kappa shape index (κ3) is 5.09. The largest absolute Gasteiger partial charge is 0.486 e. The Morgan fingerprint density at radius 1 is 1.21 bits per heavy atom. The number of aromatic nitrogens is 2. The molecule has 0 fully saturated rings. The molecule has 0 bridgehead atoms. The van der Waals surface area contributed by atoms with Gasteiger partial charge >= 0.3 is 0 Å². The number of nitrogens with zero attached hydrogens (tertiary/aromatic N) is 3. The highest BCUT2D eigenvalue weighted by Crippen LogP contribution is 2.30. The number of guanidine groups is 1. The molecule has 2 aromatic rings. The molecule has 1 aliphatic rings. The first-order chi connectivity index (χ1) is 13.2.